The lowest BCUT2D eigenvalue weighted by atomic mass is 9.81. The summed E-state index contributed by atoms with van der Waals surface area (Å²) in [5.41, 5.74) is 7.03. The number of rotatable bonds is 4. The Balaban J connectivity index is 1.75. The molecule has 108 valence electrons. The number of carbonyl (C=O) groups excluding carboxylic acids is 1. The quantitative estimate of drug-likeness (QED) is 0.916. The Bertz CT molecular complexity index is 461. The molecule has 1 aromatic rings. The summed E-state index contributed by atoms with van der Waals surface area (Å²) in [7, 11) is 0. The maximum Gasteiger partial charge on any atom is 0.243 e. The second-order valence-corrected chi connectivity index (χ2v) is 6.37. The molecule has 3 nitrogen and oxygen atoms in total. The summed E-state index contributed by atoms with van der Waals surface area (Å²) < 4.78 is 0. The largest absolute Gasteiger partial charge is 0.334 e. The molecule has 0 heterocycles. The van der Waals surface area contributed by atoms with E-state index in [2.05, 4.69) is 12.1 Å². The van der Waals surface area contributed by atoms with E-state index in [4.69, 9.17) is 5.73 Å². The van der Waals surface area contributed by atoms with Crippen LogP contribution in [0.5, 0.6) is 0 Å². The smallest absolute Gasteiger partial charge is 0.243 e. The van der Waals surface area contributed by atoms with Crippen molar-refractivity contribution in [3.8, 4) is 0 Å². The molecule has 2 aliphatic rings. The molecule has 0 atom stereocenters. The second kappa shape index (κ2) is 5.57. The lowest BCUT2D eigenvalue weighted by Gasteiger charge is -2.37. The third kappa shape index (κ3) is 2.88. The molecule has 1 amide bonds. The summed E-state index contributed by atoms with van der Waals surface area (Å²) in [4.78, 5) is 14.9. The Hall–Kier alpha value is -1.35. The molecule has 3 heteroatoms. The zero-order valence-corrected chi connectivity index (χ0v) is 12.1. The number of carbonyl (C=O) groups is 1. The molecule has 0 saturated heterocycles. The summed E-state index contributed by atoms with van der Waals surface area (Å²) in [5.74, 6) is 0.184. The maximum absolute atomic E-state index is 12.9. The molecule has 0 bridgehead atoms. The van der Waals surface area contributed by atoms with Crippen LogP contribution in [0.25, 0.3) is 0 Å². The van der Waals surface area contributed by atoms with Crippen molar-refractivity contribution in [1.82, 2.24) is 4.90 Å². The molecule has 20 heavy (non-hydrogen) atoms. The van der Waals surface area contributed by atoms with Gasteiger partial charge in [-0.2, -0.15) is 0 Å². The first-order chi connectivity index (χ1) is 9.69. The first-order valence-electron chi connectivity index (χ1n) is 7.83. The molecule has 0 aromatic heterocycles. The predicted molar refractivity (Wildman–Crippen MR) is 80.0 cm³/mol. The SMILES string of the molecule is NC1(C(=O)N(Cc2ccccc2)C2CC2)CCCCC1. The first-order valence-corrected chi connectivity index (χ1v) is 7.83. The van der Waals surface area contributed by atoms with Crippen LogP contribution in [0.15, 0.2) is 30.3 Å². The highest BCUT2D eigenvalue weighted by atomic mass is 16.2. The van der Waals surface area contributed by atoms with E-state index in [1.54, 1.807) is 0 Å². The molecular formula is C17H24N2O. The van der Waals surface area contributed by atoms with Crippen molar-refractivity contribution in [3.05, 3.63) is 35.9 Å². The van der Waals surface area contributed by atoms with Crippen molar-refractivity contribution in [2.45, 2.75) is 63.1 Å². The molecule has 0 radical (unpaired) electrons. The van der Waals surface area contributed by atoms with E-state index in [1.807, 2.05) is 23.1 Å². The molecule has 2 saturated carbocycles. The van der Waals surface area contributed by atoms with E-state index in [0.29, 0.717) is 12.6 Å². The Morgan fingerprint density at radius 1 is 1.15 bits per heavy atom. The first kappa shape index (κ1) is 13.6. The zero-order valence-electron chi connectivity index (χ0n) is 12.1. The van der Waals surface area contributed by atoms with Gasteiger partial charge in [0, 0.05) is 12.6 Å². The summed E-state index contributed by atoms with van der Waals surface area (Å²) >= 11 is 0. The molecule has 1 aromatic carbocycles. The van der Waals surface area contributed by atoms with Crippen molar-refractivity contribution in [1.29, 1.82) is 0 Å². The standard InChI is InChI=1S/C17H24N2O/c18-17(11-5-2-6-12-17)16(20)19(15-9-10-15)13-14-7-3-1-4-8-14/h1,3-4,7-8,15H,2,5-6,9-13,18H2. The van der Waals surface area contributed by atoms with E-state index in [-0.39, 0.29) is 5.91 Å². The van der Waals surface area contributed by atoms with Crippen LogP contribution < -0.4 is 5.73 Å². The van der Waals surface area contributed by atoms with Crippen molar-refractivity contribution >= 4 is 5.91 Å². The second-order valence-electron chi connectivity index (χ2n) is 6.37. The van der Waals surface area contributed by atoms with Gasteiger partial charge in [-0.3, -0.25) is 4.79 Å². The Morgan fingerprint density at radius 3 is 2.40 bits per heavy atom. The van der Waals surface area contributed by atoms with Gasteiger partial charge in [0.25, 0.3) is 0 Å². The monoisotopic (exact) mass is 272 g/mol. The van der Waals surface area contributed by atoms with Crippen LogP contribution in [-0.2, 0) is 11.3 Å². The topological polar surface area (TPSA) is 46.3 Å². The van der Waals surface area contributed by atoms with Crippen LogP contribution in [-0.4, -0.2) is 22.4 Å². The number of amides is 1. The Kier molecular flexibility index (Phi) is 3.79. The lowest BCUT2D eigenvalue weighted by Crippen LogP contribution is -2.56. The van der Waals surface area contributed by atoms with Crippen molar-refractivity contribution < 1.29 is 4.79 Å². The molecule has 0 spiro atoms. The lowest BCUT2D eigenvalue weighted by molar-refractivity contribution is -0.139. The van der Waals surface area contributed by atoms with E-state index >= 15 is 0 Å². The van der Waals surface area contributed by atoms with Gasteiger partial charge in [0.1, 0.15) is 0 Å². The molecule has 0 aliphatic heterocycles. The van der Waals surface area contributed by atoms with Crippen molar-refractivity contribution in [2.24, 2.45) is 5.73 Å². The summed E-state index contributed by atoms with van der Waals surface area (Å²) in [6, 6.07) is 10.7. The Morgan fingerprint density at radius 2 is 1.80 bits per heavy atom. The molecule has 3 rings (SSSR count). The normalized spacial score (nSPS) is 21.4. The third-order valence-corrected chi connectivity index (χ3v) is 4.62. The minimum Gasteiger partial charge on any atom is -0.334 e. The predicted octanol–water partition coefficient (Wildman–Crippen LogP) is 2.84. The highest BCUT2D eigenvalue weighted by Gasteiger charge is 2.43. The van der Waals surface area contributed by atoms with E-state index in [0.717, 1.165) is 38.5 Å². The van der Waals surface area contributed by atoms with Crippen molar-refractivity contribution in [3.63, 3.8) is 0 Å². The van der Waals surface area contributed by atoms with Crippen LogP contribution >= 0.6 is 0 Å². The van der Waals surface area contributed by atoms with Crippen molar-refractivity contribution in [2.75, 3.05) is 0 Å². The molecule has 2 N–H and O–H groups in total. The van der Waals surface area contributed by atoms with Gasteiger partial charge < -0.3 is 10.6 Å². The number of nitrogens with zero attached hydrogens (tertiary/aromatic N) is 1. The van der Waals surface area contributed by atoms with Gasteiger partial charge in [0.15, 0.2) is 0 Å². The van der Waals surface area contributed by atoms with Gasteiger partial charge in [-0.05, 0) is 31.2 Å². The van der Waals surface area contributed by atoms with Gasteiger partial charge in [0.2, 0.25) is 5.91 Å². The fraction of sp³-hybridized carbons (Fsp3) is 0.588. The number of hydrogen-bond acceptors (Lipinski definition) is 2. The number of hydrogen-bond donors (Lipinski definition) is 1. The minimum absolute atomic E-state index is 0.184. The third-order valence-electron chi connectivity index (χ3n) is 4.62. The Labute approximate surface area is 121 Å². The van der Waals surface area contributed by atoms with Crippen LogP contribution in [0.3, 0.4) is 0 Å². The van der Waals surface area contributed by atoms with Gasteiger partial charge in [-0.1, -0.05) is 49.6 Å². The van der Waals surface area contributed by atoms with Gasteiger partial charge in [-0.15, -0.1) is 0 Å². The average Bonchev–Trinajstić information content (AvgIpc) is 3.30. The fourth-order valence-corrected chi connectivity index (χ4v) is 3.22. The van der Waals surface area contributed by atoms with Gasteiger partial charge >= 0.3 is 0 Å². The minimum atomic E-state index is -0.602. The fourth-order valence-electron chi connectivity index (χ4n) is 3.22. The van der Waals surface area contributed by atoms with Gasteiger partial charge in [-0.25, -0.2) is 0 Å². The number of nitrogens with two attached hydrogens (primary N) is 1. The number of benzene rings is 1. The van der Waals surface area contributed by atoms with E-state index in [9.17, 15) is 4.79 Å². The highest BCUT2D eigenvalue weighted by molar-refractivity contribution is 5.86. The van der Waals surface area contributed by atoms with Crippen LogP contribution in [0.1, 0.15) is 50.5 Å². The highest BCUT2D eigenvalue weighted by Crippen LogP contribution is 2.34. The van der Waals surface area contributed by atoms with Crippen LogP contribution in [0.4, 0.5) is 0 Å². The van der Waals surface area contributed by atoms with E-state index in [1.165, 1.54) is 12.0 Å². The summed E-state index contributed by atoms with van der Waals surface area (Å²) in [6.07, 6.45) is 7.36. The maximum atomic E-state index is 12.9. The van der Waals surface area contributed by atoms with Crippen LogP contribution in [0, 0.1) is 0 Å². The molecule has 0 unspecified atom stereocenters. The molecule has 2 aliphatic carbocycles. The average molecular weight is 272 g/mol. The molecular weight excluding hydrogens is 248 g/mol. The summed E-state index contributed by atoms with van der Waals surface area (Å²) in [6.45, 7) is 0.712. The molecule has 2 fully saturated rings. The zero-order chi connectivity index (χ0) is 14.0. The van der Waals surface area contributed by atoms with E-state index < -0.39 is 5.54 Å². The van der Waals surface area contributed by atoms with Gasteiger partial charge in [0.05, 0.1) is 5.54 Å². The summed E-state index contributed by atoms with van der Waals surface area (Å²) in [5, 5.41) is 0. The van der Waals surface area contributed by atoms with Crippen LogP contribution in [0.2, 0.25) is 0 Å².